The van der Waals surface area contributed by atoms with E-state index in [4.69, 9.17) is 26.1 Å². The van der Waals surface area contributed by atoms with E-state index < -0.39 is 5.76 Å². The van der Waals surface area contributed by atoms with Crippen LogP contribution in [0.2, 0.25) is 5.02 Å². The van der Waals surface area contributed by atoms with E-state index in [0.717, 1.165) is 54.6 Å². The third-order valence-corrected chi connectivity index (χ3v) is 7.91. The zero-order valence-electron chi connectivity index (χ0n) is 21.1. The monoisotopic (exact) mass is 522 g/mol. The van der Waals surface area contributed by atoms with Gasteiger partial charge in [0.2, 0.25) is 11.8 Å². The molecular weight excluding hydrogens is 492 g/mol. The van der Waals surface area contributed by atoms with Gasteiger partial charge >= 0.3 is 5.76 Å². The molecule has 1 aliphatic heterocycles. The van der Waals surface area contributed by atoms with Crippen molar-refractivity contribution in [2.75, 3.05) is 24.5 Å². The summed E-state index contributed by atoms with van der Waals surface area (Å²) < 4.78 is 7.13. The molecule has 0 bridgehead atoms. The molecule has 0 spiro atoms. The van der Waals surface area contributed by atoms with Crippen LogP contribution in [0, 0.1) is 11.8 Å². The van der Waals surface area contributed by atoms with Crippen molar-refractivity contribution in [1.29, 1.82) is 0 Å². The number of halogens is 1. The van der Waals surface area contributed by atoms with E-state index in [9.17, 15) is 4.79 Å². The van der Waals surface area contributed by atoms with Crippen molar-refractivity contribution in [2.45, 2.75) is 52.1 Å². The molecule has 0 amide bonds. The van der Waals surface area contributed by atoms with Gasteiger partial charge in [0.1, 0.15) is 5.69 Å². The molecule has 4 aromatic rings. The summed E-state index contributed by atoms with van der Waals surface area (Å²) in [4.78, 5) is 31.2. The Hall–Kier alpha value is -3.24. The smallest absolute Gasteiger partial charge is 0.337 e. The molecule has 2 aliphatic rings. The second-order valence-electron chi connectivity index (χ2n) is 10.5. The average molecular weight is 523 g/mol. The standard InChI is InChI=1S/C26H31ClN8O2/c1-15-3-5-17(6-4-15)14-35-23-20(31-25(35)34-8-7-28-11-16(34)2)10-21(24-32-26(36)37-33-24)30-22(23)18-9-19(27)13-29-12-18/h9-10,12-13,15-17,28H,3-8,11,14H2,1-2H3,(H,32,33,36). The molecule has 1 saturated carbocycles. The number of aromatic nitrogens is 6. The first-order valence-corrected chi connectivity index (χ1v) is 13.4. The number of hydrogen-bond donors (Lipinski definition) is 2. The topological polar surface area (TPSA) is 118 Å². The van der Waals surface area contributed by atoms with Gasteiger partial charge in [-0.15, -0.1) is 0 Å². The number of anilines is 1. The maximum absolute atomic E-state index is 11.7. The number of H-pyrrole nitrogens is 1. The van der Waals surface area contributed by atoms with E-state index >= 15 is 0 Å². The van der Waals surface area contributed by atoms with Crippen LogP contribution in [0.15, 0.2) is 33.8 Å². The summed E-state index contributed by atoms with van der Waals surface area (Å²) in [6.45, 7) is 8.13. The van der Waals surface area contributed by atoms with Gasteiger partial charge in [0.15, 0.2) is 0 Å². The summed E-state index contributed by atoms with van der Waals surface area (Å²) >= 11 is 6.36. The van der Waals surface area contributed by atoms with Crippen molar-refractivity contribution in [2.24, 2.45) is 11.8 Å². The Morgan fingerprint density at radius 3 is 2.70 bits per heavy atom. The minimum atomic E-state index is -0.629. The van der Waals surface area contributed by atoms with Gasteiger partial charge in [0.25, 0.3) is 0 Å². The first-order chi connectivity index (χ1) is 18.0. The summed E-state index contributed by atoms with van der Waals surface area (Å²) in [7, 11) is 0. The minimum absolute atomic E-state index is 0.260. The van der Waals surface area contributed by atoms with Crippen molar-refractivity contribution in [3.63, 3.8) is 0 Å². The van der Waals surface area contributed by atoms with E-state index in [1.54, 1.807) is 12.4 Å². The molecule has 0 radical (unpaired) electrons. The van der Waals surface area contributed by atoms with Crippen LogP contribution >= 0.6 is 11.6 Å². The van der Waals surface area contributed by atoms with Crippen LogP contribution in [0.1, 0.15) is 39.5 Å². The molecule has 1 aliphatic carbocycles. The molecule has 2 N–H and O–H groups in total. The second kappa shape index (κ2) is 9.90. The van der Waals surface area contributed by atoms with Crippen LogP contribution in [-0.2, 0) is 6.54 Å². The number of pyridine rings is 2. The van der Waals surface area contributed by atoms with Crippen LogP contribution in [0.4, 0.5) is 5.95 Å². The first kappa shape index (κ1) is 24.1. The highest BCUT2D eigenvalue weighted by Crippen LogP contribution is 2.37. The Morgan fingerprint density at radius 2 is 1.97 bits per heavy atom. The number of nitrogens with zero attached hydrogens (tertiary/aromatic N) is 6. The lowest BCUT2D eigenvalue weighted by molar-refractivity contribution is 0.266. The van der Waals surface area contributed by atoms with Crippen molar-refractivity contribution in [3.8, 4) is 22.8 Å². The quantitative estimate of drug-likeness (QED) is 0.402. The predicted octanol–water partition coefficient (Wildman–Crippen LogP) is 4.11. The Morgan fingerprint density at radius 1 is 1.14 bits per heavy atom. The van der Waals surface area contributed by atoms with Crippen molar-refractivity contribution in [3.05, 3.63) is 40.1 Å². The Bertz CT molecular complexity index is 1470. The molecule has 6 rings (SSSR count). The lowest BCUT2D eigenvalue weighted by atomic mass is 9.83. The van der Waals surface area contributed by atoms with Crippen molar-refractivity contribution < 1.29 is 4.52 Å². The van der Waals surface area contributed by atoms with Gasteiger partial charge in [-0.2, -0.15) is 0 Å². The molecule has 1 atom stereocenters. The van der Waals surface area contributed by atoms with Crippen molar-refractivity contribution >= 4 is 28.6 Å². The molecule has 10 nitrogen and oxygen atoms in total. The SMILES string of the molecule is CC1CCC(Cn2c(N3CCNCC3C)nc3cc(-c4noc(=O)[nH]4)nc(-c4cncc(Cl)c4)c32)CC1. The van der Waals surface area contributed by atoms with E-state index in [2.05, 4.69) is 43.8 Å². The average Bonchev–Trinajstić information content (AvgIpc) is 3.49. The number of nitrogens with one attached hydrogen (secondary N) is 2. The molecular formula is C26H31ClN8O2. The molecule has 5 heterocycles. The molecule has 1 saturated heterocycles. The fourth-order valence-electron chi connectivity index (χ4n) is 5.65. The molecule has 4 aromatic heterocycles. The maximum Gasteiger partial charge on any atom is 0.439 e. The van der Waals surface area contributed by atoms with Crippen LogP contribution < -0.4 is 16.0 Å². The molecule has 0 aromatic carbocycles. The van der Waals surface area contributed by atoms with E-state index in [-0.39, 0.29) is 5.82 Å². The largest absolute Gasteiger partial charge is 0.439 e. The molecule has 11 heteroatoms. The highest BCUT2D eigenvalue weighted by atomic mass is 35.5. The summed E-state index contributed by atoms with van der Waals surface area (Å²) in [5, 5.41) is 7.88. The number of fused-ring (bicyclic) bond motifs is 1. The van der Waals surface area contributed by atoms with Gasteiger partial charge in [0.05, 0.1) is 21.7 Å². The fraction of sp³-hybridized carbons (Fsp3) is 0.500. The third kappa shape index (κ3) is 4.75. The zero-order valence-corrected chi connectivity index (χ0v) is 21.8. The first-order valence-electron chi connectivity index (χ1n) is 13.0. The predicted molar refractivity (Wildman–Crippen MR) is 143 cm³/mol. The maximum atomic E-state index is 11.7. The molecule has 37 heavy (non-hydrogen) atoms. The number of imidazole rings is 1. The lowest BCUT2D eigenvalue weighted by Gasteiger charge is -2.36. The lowest BCUT2D eigenvalue weighted by Crippen LogP contribution is -2.51. The highest BCUT2D eigenvalue weighted by Gasteiger charge is 2.29. The number of aromatic amines is 1. The number of piperazine rings is 1. The van der Waals surface area contributed by atoms with E-state index in [1.807, 2.05) is 12.1 Å². The van der Waals surface area contributed by atoms with E-state index in [1.165, 1.54) is 25.7 Å². The van der Waals surface area contributed by atoms with Crippen LogP contribution in [0.5, 0.6) is 0 Å². The minimum Gasteiger partial charge on any atom is -0.337 e. The van der Waals surface area contributed by atoms with Crippen LogP contribution in [0.25, 0.3) is 33.8 Å². The second-order valence-corrected chi connectivity index (χ2v) is 10.9. The summed E-state index contributed by atoms with van der Waals surface area (Å²) in [5.74, 6) is 1.94. The van der Waals surface area contributed by atoms with Crippen LogP contribution in [-0.4, -0.2) is 55.3 Å². The van der Waals surface area contributed by atoms with E-state index in [0.29, 0.717) is 28.4 Å². The third-order valence-electron chi connectivity index (χ3n) is 7.70. The van der Waals surface area contributed by atoms with Gasteiger partial charge < -0.3 is 14.8 Å². The Balaban J connectivity index is 1.58. The van der Waals surface area contributed by atoms with Gasteiger partial charge in [-0.3, -0.25) is 14.5 Å². The number of rotatable bonds is 5. The normalized spacial score (nSPS) is 22.6. The summed E-state index contributed by atoms with van der Waals surface area (Å²) in [6.07, 6.45) is 8.28. The van der Waals surface area contributed by atoms with Crippen molar-refractivity contribution in [1.82, 2.24) is 35.0 Å². The highest BCUT2D eigenvalue weighted by molar-refractivity contribution is 6.30. The van der Waals surface area contributed by atoms with Gasteiger partial charge in [-0.25, -0.2) is 14.8 Å². The molecule has 194 valence electrons. The van der Waals surface area contributed by atoms with Gasteiger partial charge in [-0.1, -0.05) is 36.5 Å². The molecule has 1 unspecified atom stereocenters. The summed E-state index contributed by atoms with van der Waals surface area (Å²) in [6, 6.07) is 4.03. The summed E-state index contributed by atoms with van der Waals surface area (Å²) in [5.41, 5.74) is 3.69. The Kier molecular flexibility index (Phi) is 6.46. The van der Waals surface area contributed by atoms with Crippen LogP contribution in [0.3, 0.4) is 0 Å². The fourth-order valence-corrected chi connectivity index (χ4v) is 5.82. The van der Waals surface area contributed by atoms with Gasteiger partial charge in [0, 0.05) is 50.2 Å². The number of hydrogen-bond acceptors (Lipinski definition) is 8. The van der Waals surface area contributed by atoms with Gasteiger partial charge in [-0.05, 0) is 43.7 Å². The zero-order chi connectivity index (χ0) is 25.5. The molecule has 2 fully saturated rings. The Labute approximate surface area is 219 Å².